The van der Waals surface area contributed by atoms with Gasteiger partial charge in [0.05, 0.1) is 23.0 Å². The van der Waals surface area contributed by atoms with E-state index < -0.39 is 5.97 Å². The summed E-state index contributed by atoms with van der Waals surface area (Å²) in [5.74, 6) is -0.307. The molecule has 0 aliphatic carbocycles. The third kappa shape index (κ3) is 3.66. The molecule has 1 aromatic carbocycles. The number of hydrogen-bond donors (Lipinski definition) is 2. The van der Waals surface area contributed by atoms with Gasteiger partial charge in [0.2, 0.25) is 5.91 Å². The van der Waals surface area contributed by atoms with E-state index in [9.17, 15) is 9.59 Å². The van der Waals surface area contributed by atoms with Crippen molar-refractivity contribution < 1.29 is 14.7 Å². The molecule has 0 spiro atoms. The van der Waals surface area contributed by atoms with Crippen molar-refractivity contribution in [1.82, 2.24) is 10.2 Å². The highest BCUT2D eigenvalue weighted by molar-refractivity contribution is 7.99. The van der Waals surface area contributed by atoms with Crippen molar-refractivity contribution in [1.29, 1.82) is 5.26 Å². The molecule has 128 valence electrons. The number of aromatic carboxylic acids is 1. The Morgan fingerprint density at radius 3 is 2.67 bits per heavy atom. The molecule has 2 saturated heterocycles. The van der Waals surface area contributed by atoms with Crippen molar-refractivity contribution in [2.45, 2.75) is 30.3 Å². The maximum atomic E-state index is 12.6. The van der Waals surface area contributed by atoms with Crippen LogP contribution in [-0.4, -0.2) is 46.3 Å². The number of rotatable bonds is 3. The Balaban J connectivity index is 0.00000208. The largest absolute Gasteiger partial charge is 0.478 e. The van der Waals surface area contributed by atoms with E-state index in [0.29, 0.717) is 12.3 Å². The van der Waals surface area contributed by atoms with Crippen molar-refractivity contribution in [3.63, 3.8) is 0 Å². The Labute approximate surface area is 150 Å². The lowest BCUT2D eigenvalue weighted by Gasteiger charge is -2.23. The molecule has 8 heteroatoms. The topological polar surface area (TPSA) is 93.4 Å². The number of carboxylic acids is 1. The van der Waals surface area contributed by atoms with Crippen LogP contribution in [0.2, 0.25) is 0 Å². The quantitative estimate of drug-likeness (QED) is 0.849. The summed E-state index contributed by atoms with van der Waals surface area (Å²) in [5.41, 5.74) is 1.20. The molecule has 0 aromatic heterocycles. The molecule has 3 atom stereocenters. The first kappa shape index (κ1) is 18.6. The standard InChI is InChI=1S/C16H17N3O3S.ClH/c17-8-12-2-1-7-19(12)15(20)13-9-23-14(18-13)10-3-5-11(6-4-10)16(21)22;/h3-6,12-14,18H,1-2,7,9H2,(H,21,22);1H/t12-,13-,14?;/m0./s1. The highest BCUT2D eigenvalue weighted by atomic mass is 35.5. The van der Waals surface area contributed by atoms with Crippen molar-refractivity contribution in [3.05, 3.63) is 35.4 Å². The van der Waals surface area contributed by atoms with Gasteiger partial charge >= 0.3 is 5.97 Å². The summed E-state index contributed by atoms with van der Waals surface area (Å²) in [5, 5.41) is 21.3. The second-order valence-electron chi connectivity index (χ2n) is 5.68. The molecule has 2 aliphatic heterocycles. The number of benzene rings is 1. The van der Waals surface area contributed by atoms with E-state index in [1.807, 2.05) is 0 Å². The first-order valence-electron chi connectivity index (χ1n) is 7.51. The molecule has 2 aliphatic rings. The highest BCUT2D eigenvalue weighted by Gasteiger charge is 2.37. The normalized spacial score (nSPS) is 25.8. The molecule has 0 saturated carbocycles. The summed E-state index contributed by atoms with van der Waals surface area (Å²) < 4.78 is 0. The number of nitriles is 1. The average molecular weight is 368 g/mol. The minimum Gasteiger partial charge on any atom is -0.478 e. The zero-order chi connectivity index (χ0) is 16.4. The number of amides is 1. The third-order valence-corrected chi connectivity index (χ3v) is 5.49. The van der Waals surface area contributed by atoms with Gasteiger partial charge in [-0.25, -0.2) is 4.79 Å². The summed E-state index contributed by atoms with van der Waals surface area (Å²) >= 11 is 1.62. The predicted molar refractivity (Wildman–Crippen MR) is 93.1 cm³/mol. The van der Waals surface area contributed by atoms with Crippen LogP contribution in [-0.2, 0) is 4.79 Å². The fourth-order valence-corrected chi connectivity index (χ4v) is 4.21. The second kappa shape index (κ2) is 7.88. The molecular weight excluding hydrogens is 350 g/mol. The molecule has 1 unspecified atom stereocenters. The molecule has 1 amide bonds. The van der Waals surface area contributed by atoms with E-state index in [0.717, 1.165) is 18.4 Å². The van der Waals surface area contributed by atoms with Gasteiger partial charge in [0.1, 0.15) is 6.04 Å². The number of hydrogen-bond acceptors (Lipinski definition) is 5. The SMILES string of the molecule is Cl.N#C[C@@H]1CCCN1C(=O)[C@@H]1CSC(c2ccc(C(=O)O)cc2)N1. The van der Waals surface area contributed by atoms with Crippen LogP contribution < -0.4 is 5.32 Å². The Hall–Kier alpha value is -1.75. The van der Waals surface area contributed by atoms with E-state index in [1.54, 1.807) is 40.9 Å². The van der Waals surface area contributed by atoms with Crippen molar-refractivity contribution in [2.75, 3.05) is 12.3 Å². The van der Waals surface area contributed by atoms with Crippen LogP contribution in [0.4, 0.5) is 0 Å². The molecule has 0 radical (unpaired) electrons. The Bertz CT molecular complexity index is 662. The molecule has 2 N–H and O–H groups in total. The summed E-state index contributed by atoms with van der Waals surface area (Å²) in [7, 11) is 0. The fraction of sp³-hybridized carbons (Fsp3) is 0.438. The van der Waals surface area contributed by atoms with Gasteiger partial charge in [-0.1, -0.05) is 12.1 Å². The maximum absolute atomic E-state index is 12.6. The van der Waals surface area contributed by atoms with Crippen molar-refractivity contribution >= 4 is 36.0 Å². The predicted octanol–water partition coefficient (Wildman–Crippen LogP) is 2.02. The molecular formula is C16H18ClN3O3S. The second-order valence-corrected chi connectivity index (χ2v) is 6.82. The number of nitrogens with zero attached hydrogens (tertiary/aromatic N) is 2. The number of carbonyl (C=O) groups excluding carboxylic acids is 1. The number of carboxylic acid groups (broad SMARTS) is 1. The minimum absolute atomic E-state index is 0. The first-order valence-corrected chi connectivity index (χ1v) is 8.56. The molecule has 3 rings (SSSR count). The van der Waals surface area contributed by atoms with Gasteiger partial charge in [0.15, 0.2) is 0 Å². The summed E-state index contributed by atoms with van der Waals surface area (Å²) in [4.78, 5) is 25.1. The van der Waals surface area contributed by atoms with Gasteiger partial charge in [-0.2, -0.15) is 5.26 Å². The zero-order valence-corrected chi connectivity index (χ0v) is 14.5. The lowest BCUT2D eigenvalue weighted by molar-refractivity contribution is -0.132. The molecule has 0 bridgehead atoms. The number of likely N-dealkylation sites (tertiary alicyclic amines) is 1. The summed E-state index contributed by atoms with van der Waals surface area (Å²) in [6.07, 6.45) is 1.63. The highest BCUT2D eigenvalue weighted by Crippen LogP contribution is 2.34. The summed E-state index contributed by atoms with van der Waals surface area (Å²) in [6, 6.07) is 8.28. The molecule has 2 heterocycles. The van der Waals surface area contributed by atoms with E-state index in [4.69, 9.17) is 10.4 Å². The van der Waals surface area contributed by atoms with Crippen molar-refractivity contribution in [2.24, 2.45) is 0 Å². The number of halogens is 1. The van der Waals surface area contributed by atoms with Gasteiger partial charge in [-0.05, 0) is 30.5 Å². The van der Waals surface area contributed by atoms with Crippen LogP contribution in [0.1, 0.15) is 34.1 Å². The van der Waals surface area contributed by atoms with E-state index in [-0.39, 0.29) is 41.3 Å². The van der Waals surface area contributed by atoms with E-state index in [2.05, 4.69) is 11.4 Å². The van der Waals surface area contributed by atoms with Gasteiger partial charge in [-0.15, -0.1) is 24.2 Å². The van der Waals surface area contributed by atoms with Gasteiger partial charge in [0, 0.05) is 12.3 Å². The Morgan fingerprint density at radius 2 is 2.04 bits per heavy atom. The van der Waals surface area contributed by atoms with Crippen LogP contribution in [0.25, 0.3) is 0 Å². The van der Waals surface area contributed by atoms with Crippen molar-refractivity contribution in [3.8, 4) is 6.07 Å². The van der Waals surface area contributed by atoms with E-state index >= 15 is 0 Å². The first-order chi connectivity index (χ1) is 11.1. The Kier molecular flexibility index (Phi) is 6.10. The number of thioether (sulfide) groups is 1. The number of carbonyl (C=O) groups is 2. The maximum Gasteiger partial charge on any atom is 0.335 e. The van der Waals surface area contributed by atoms with Crippen LogP contribution in [0, 0.1) is 11.3 Å². The molecule has 2 fully saturated rings. The monoisotopic (exact) mass is 367 g/mol. The van der Waals surface area contributed by atoms with Crippen LogP contribution in [0.3, 0.4) is 0 Å². The van der Waals surface area contributed by atoms with Gasteiger partial charge in [0.25, 0.3) is 0 Å². The zero-order valence-electron chi connectivity index (χ0n) is 12.8. The lowest BCUT2D eigenvalue weighted by atomic mass is 10.1. The van der Waals surface area contributed by atoms with Crippen LogP contribution >= 0.6 is 24.2 Å². The lowest BCUT2D eigenvalue weighted by Crippen LogP contribution is -2.46. The van der Waals surface area contributed by atoms with E-state index in [1.165, 1.54) is 0 Å². The smallest absolute Gasteiger partial charge is 0.335 e. The minimum atomic E-state index is -0.951. The summed E-state index contributed by atoms with van der Waals surface area (Å²) in [6.45, 7) is 0.651. The van der Waals surface area contributed by atoms with Crippen LogP contribution in [0.5, 0.6) is 0 Å². The average Bonchev–Trinajstić information content (AvgIpc) is 3.23. The molecule has 24 heavy (non-hydrogen) atoms. The van der Waals surface area contributed by atoms with Gasteiger partial charge < -0.3 is 10.0 Å². The molecule has 6 nitrogen and oxygen atoms in total. The number of nitrogens with one attached hydrogen (secondary N) is 1. The fourth-order valence-electron chi connectivity index (χ4n) is 2.97. The van der Waals surface area contributed by atoms with Crippen LogP contribution in [0.15, 0.2) is 24.3 Å². The molecule has 1 aromatic rings. The third-order valence-electron chi connectivity index (χ3n) is 4.23. The Morgan fingerprint density at radius 1 is 1.33 bits per heavy atom. The van der Waals surface area contributed by atoms with Gasteiger partial charge in [-0.3, -0.25) is 10.1 Å².